The van der Waals surface area contributed by atoms with Crippen LogP contribution in [0.25, 0.3) is 0 Å². The predicted molar refractivity (Wildman–Crippen MR) is 68.9 cm³/mol. The monoisotopic (exact) mass is 322 g/mol. The minimum absolute atomic E-state index is 0.0613. The standard InChI is InChI=1S/C14H24F6O/c1-7-10(5)21-12(13(15,16)17,14(18,19)20)11(6,8-2)9(3)4/h9-10H,7-8H2,1-6H3. The van der Waals surface area contributed by atoms with Gasteiger partial charge in [-0.2, -0.15) is 26.3 Å². The highest BCUT2D eigenvalue weighted by molar-refractivity contribution is 5.09. The molecule has 0 saturated heterocycles. The second-order valence-electron chi connectivity index (χ2n) is 5.94. The molecule has 0 saturated carbocycles. The second-order valence-corrected chi connectivity index (χ2v) is 5.94. The maximum atomic E-state index is 13.6. The molecule has 2 unspecified atom stereocenters. The summed E-state index contributed by atoms with van der Waals surface area (Å²) in [6.07, 6.45) is -12.5. The van der Waals surface area contributed by atoms with Crippen LogP contribution in [0.4, 0.5) is 26.3 Å². The van der Waals surface area contributed by atoms with Gasteiger partial charge in [0.2, 0.25) is 0 Å². The van der Waals surface area contributed by atoms with Gasteiger partial charge in [-0.05, 0) is 25.7 Å². The summed E-state index contributed by atoms with van der Waals surface area (Å²) in [5, 5.41) is 0. The van der Waals surface area contributed by atoms with Crippen molar-refractivity contribution in [1.29, 1.82) is 0 Å². The number of alkyl halides is 6. The van der Waals surface area contributed by atoms with E-state index in [0.29, 0.717) is 0 Å². The van der Waals surface area contributed by atoms with Gasteiger partial charge < -0.3 is 4.74 Å². The summed E-state index contributed by atoms with van der Waals surface area (Å²) >= 11 is 0. The van der Waals surface area contributed by atoms with Gasteiger partial charge in [0, 0.05) is 5.41 Å². The molecule has 0 amide bonds. The van der Waals surface area contributed by atoms with Gasteiger partial charge in [-0.15, -0.1) is 0 Å². The molecule has 21 heavy (non-hydrogen) atoms. The lowest BCUT2D eigenvalue weighted by Crippen LogP contribution is -2.69. The molecule has 7 heteroatoms. The van der Waals surface area contributed by atoms with Crippen LogP contribution >= 0.6 is 0 Å². The van der Waals surface area contributed by atoms with Crippen LogP contribution in [0.2, 0.25) is 0 Å². The van der Waals surface area contributed by atoms with E-state index in [-0.39, 0.29) is 12.8 Å². The zero-order chi connectivity index (χ0) is 17.3. The quantitative estimate of drug-likeness (QED) is 0.567. The Balaban J connectivity index is 6.43. The van der Waals surface area contributed by atoms with E-state index in [9.17, 15) is 26.3 Å². The normalized spacial score (nSPS) is 18.7. The molecule has 0 heterocycles. The van der Waals surface area contributed by atoms with Gasteiger partial charge in [0.25, 0.3) is 5.60 Å². The van der Waals surface area contributed by atoms with Crippen LogP contribution in [-0.2, 0) is 4.74 Å². The highest BCUT2D eigenvalue weighted by Gasteiger charge is 2.79. The molecule has 0 fully saturated rings. The van der Waals surface area contributed by atoms with E-state index >= 15 is 0 Å². The van der Waals surface area contributed by atoms with Gasteiger partial charge in [-0.3, -0.25) is 0 Å². The summed E-state index contributed by atoms with van der Waals surface area (Å²) < 4.78 is 86.1. The van der Waals surface area contributed by atoms with Crippen molar-refractivity contribution in [1.82, 2.24) is 0 Å². The molecule has 2 atom stereocenters. The summed E-state index contributed by atoms with van der Waals surface area (Å²) in [6, 6.07) is 0. The molecule has 0 rings (SSSR count). The van der Waals surface area contributed by atoms with E-state index in [1.54, 1.807) is 0 Å². The van der Waals surface area contributed by atoms with Crippen LogP contribution in [-0.4, -0.2) is 24.1 Å². The Kier molecular flexibility index (Phi) is 6.20. The average Bonchev–Trinajstić information content (AvgIpc) is 2.30. The number of halogens is 6. The molecule has 128 valence electrons. The lowest BCUT2D eigenvalue weighted by molar-refractivity contribution is -0.427. The minimum Gasteiger partial charge on any atom is -0.355 e. The third-order valence-electron chi connectivity index (χ3n) is 4.56. The van der Waals surface area contributed by atoms with Crippen molar-refractivity contribution < 1.29 is 31.1 Å². The molecule has 0 aliphatic rings. The maximum Gasteiger partial charge on any atom is 0.427 e. The molecular weight excluding hydrogens is 298 g/mol. The molecule has 0 bridgehead atoms. The molecule has 0 N–H and O–H groups in total. The van der Waals surface area contributed by atoms with Crippen molar-refractivity contribution in [3.8, 4) is 0 Å². The fourth-order valence-electron chi connectivity index (χ4n) is 2.53. The highest BCUT2D eigenvalue weighted by atomic mass is 19.4. The zero-order valence-electron chi connectivity index (χ0n) is 13.2. The molecule has 0 spiro atoms. The number of rotatable bonds is 6. The first-order valence-corrected chi connectivity index (χ1v) is 7.02. The van der Waals surface area contributed by atoms with Gasteiger partial charge in [-0.25, -0.2) is 0 Å². The van der Waals surface area contributed by atoms with Crippen LogP contribution in [0.3, 0.4) is 0 Å². The van der Waals surface area contributed by atoms with Crippen molar-refractivity contribution in [3.63, 3.8) is 0 Å². The summed E-state index contributed by atoms with van der Waals surface area (Å²) in [7, 11) is 0. The van der Waals surface area contributed by atoms with Crippen LogP contribution in [0.15, 0.2) is 0 Å². The molecule has 0 aliphatic carbocycles. The van der Waals surface area contributed by atoms with E-state index < -0.39 is 35.4 Å². The smallest absolute Gasteiger partial charge is 0.355 e. The average molecular weight is 322 g/mol. The molecule has 0 aliphatic heterocycles. The lowest BCUT2D eigenvalue weighted by Gasteiger charge is -2.52. The molecule has 0 aromatic rings. The Labute approximate surface area is 122 Å². The van der Waals surface area contributed by atoms with Gasteiger partial charge in [-0.1, -0.05) is 34.6 Å². The lowest BCUT2D eigenvalue weighted by atomic mass is 9.63. The second kappa shape index (κ2) is 6.34. The fourth-order valence-corrected chi connectivity index (χ4v) is 2.53. The molecule has 0 aromatic heterocycles. The Bertz CT molecular complexity index is 319. The molecular formula is C14H24F6O. The van der Waals surface area contributed by atoms with Crippen LogP contribution in [0.5, 0.6) is 0 Å². The van der Waals surface area contributed by atoms with Crippen LogP contribution in [0.1, 0.15) is 54.4 Å². The Hall–Kier alpha value is -0.460. The Morgan fingerprint density at radius 3 is 1.43 bits per heavy atom. The van der Waals surface area contributed by atoms with E-state index in [4.69, 9.17) is 0 Å². The first-order valence-electron chi connectivity index (χ1n) is 7.02. The van der Waals surface area contributed by atoms with E-state index in [2.05, 4.69) is 4.74 Å². The molecule has 1 nitrogen and oxygen atoms in total. The van der Waals surface area contributed by atoms with Gasteiger partial charge in [0.05, 0.1) is 6.10 Å². The van der Waals surface area contributed by atoms with Gasteiger partial charge in [0.1, 0.15) is 0 Å². The van der Waals surface area contributed by atoms with Crippen molar-refractivity contribution in [2.45, 2.75) is 78.4 Å². The number of ether oxygens (including phenoxy) is 1. The van der Waals surface area contributed by atoms with Gasteiger partial charge in [0.15, 0.2) is 0 Å². The van der Waals surface area contributed by atoms with Crippen molar-refractivity contribution in [2.24, 2.45) is 11.3 Å². The predicted octanol–water partition coefficient (Wildman–Crippen LogP) is 5.74. The van der Waals surface area contributed by atoms with Crippen molar-refractivity contribution in [3.05, 3.63) is 0 Å². The highest BCUT2D eigenvalue weighted by Crippen LogP contribution is 2.60. The summed E-state index contributed by atoms with van der Waals surface area (Å²) in [4.78, 5) is 0. The largest absolute Gasteiger partial charge is 0.427 e. The topological polar surface area (TPSA) is 9.23 Å². The fraction of sp³-hybridized carbons (Fsp3) is 1.00. The van der Waals surface area contributed by atoms with Crippen LogP contribution < -0.4 is 0 Å². The van der Waals surface area contributed by atoms with Crippen molar-refractivity contribution in [2.75, 3.05) is 0 Å². The minimum atomic E-state index is -5.55. The third kappa shape index (κ3) is 3.32. The first kappa shape index (κ1) is 20.5. The summed E-state index contributed by atoms with van der Waals surface area (Å²) in [5.41, 5.74) is -6.29. The molecule has 0 aromatic carbocycles. The third-order valence-corrected chi connectivity index (χ3v) is 4.56. The summed E-state index contributed by atoms with van der Waals surface area (Å²) in [5.74, 6) is -0.866. The van der Waals surface area contributed by atoms with E-state index in [1.165, 1.54) is 34.6 Å². The number of hydrogen-bond donors (Lipinski definition) is 0. The number of hydrogen-bond acceptors (Lipinski definition) is 1. The van der Waals surface area contributed by atoms with Crippen LogP contribution in [0, 0.1) is 11.3 Å². The molecule has 0 radical (unpaired) electrons. The Morgan fingerprint density at radius 1 is 0.857 bits per heavy atom. The van der Waals surface area contributed by atoms with E-state index in [1.807, 2.05) is 0 Å². The first-order chi connectivity index (χ1) is 9.21. The SMILES string of the molecule is CCC(C)OC(C(F)(F)F)(C(F)(F)F)C(C)(CC)C(C)C. The maximum absolute atomic E-state index is 13.6. The summed E-state index contributed by atoms with van der Waals surface area (Å²) in [6.45, 7) is 7.75. The van der Waals surface area contributed by atoms with E-state index in [0.717, 1.165) is 6.92 Å². The Morgan fingerprint density at radius 2 is 1.24 bits per heavy atom. The van der Waals surface area contributed by atoms with Crippen molar-refractivity contribution >= 4 is 0 Å². The van der Waals surface area contributed by atoms with Gasteiger partial charge >= 0.3 is 12.4 Å². The zero-order valence-corrected chi connectivity index (χ0v) is 13.2.